The fraction of sp³-hybridized carbons (Fsp3) is 0.364. The van der Waals surface area contributed by atoms with Gasteiger partial charge in [0.2, 0.25) is 0 Å². The number of carbonyl (C=O) groups is 1. The molecule has 1 aromatic carbocycles. The second-order valence-electron chi connectivity index (χ2n) is 2.98. The molecular formula is C11H15NO. The summed E-state index contributed by atoms with van der Waals surface area (Å²) in [5.74, 6) is 0.260. The Kier molecular flexibility index (Phi) is 4.19. The number of nitrogens with one attached hydrogen (secondary N) is 1. The van der Waals surface area contributed by atoms with E-state index >= 15 is 0 Å². The Balaban J connectivity index is 2.24. The van der Waals surface area contributed by atoms with Gasteiger partial charge < -0.3 is 5.32 Å². The predicted molar refractivity (Wildman–Crippen MR) is 53.4 cm³/mol. The Morgan fingerprint density at radius 3 is 2.62 bits per heavy atom. The highest BCUT2D eigenvalue weighted by Crippen LogP contribution is 1.96. The molecule has 1 aromatic rings. The number of hydrogen-bond donors (Lipinski definition) is 1. The van der Waals surface area contributed by atoms with Crippen LogP contribution in [0, 0.1) is 0 Å². The molecule has 0 saturated carbocycles. The Morgan fingerprint density at radius 2 is 2.00 bits per heavy atom. The molecule has 0 aromatic heterocycles. The van der Waals surface area contributed by atoms with Crippen LogP contribution in [0.1, 0.15) is 18.9 Å². The van der Waals surface area contributed by atoms with Crippen molar-refractivity contribution in [3.8, 4) is 0 Å². The number of ketones is 1. The standard InChI is InChI=1S/C11H15NO/c1-2-11(13)9-12-8-10-6-4-3-5-7-10/h3-7,12H,2,8-9H2,1H3. The van der Waals surface area contributed by atoms with Crippen LogP contribution in [-0.4, -0.2) is 12.3 Å². The molecule has 0 fully saturated rings. The zero-order valence-electron chi connectivity index (χ0n) is 7.92. The first-order chi connectivity index (χ1) is 6.33. The summed E-state index contributed by atoms with van der Waals surface area (Å²) in [5.41, 5.74) is 1.21. The Morgan fingerprint density at radius 1 is 1.31 bits per heavy atom. The van der Waals surface area contributed by atoms with E-state index in [1.165, 1.54) is 5.56 Å². The Bertz CT molecular complexity index is 256. The van der Waals surface area contributed by atoms with E-state index in [-0.39, 0.29) is 5.78 Å². The lowest BCUT2D eigenvalue weighted by atomic mass is 10.2. The molecule has 0 aliphatic heterocycles. The maximum Gasteiger partial charge on any atom is 0.146 e. The maximum absolute atomic E-state index is 10.9. The van der Waals surface area contributed by atoms with Crippen LogP contribution in [0.3, 0.4) is 0 Å². The van der Waals surface area contributed by atoms with Gasteiger partial charge in [-0.1, -0.05) is 37.3 Å². The first kappa shape index (κ1) is 9.93. The lowest BCUT2D eigenvalue weighted by Gasteiger charge is -2.02. The molecule has 1 rings (SSSR count). The van der Waals surface area contributed by atoms with Crippen molar-refractivity contribution >= 4 is 5.78 Å². The number of benzene rings is 1. The van der Waals surface area contributed by atoms with Crippen molar-refractivity contribution in [3.63, 3.8) is 0 Å². The van der Waals surface area contributed by atoms with Crippen LogP contribution >= 0.6 is 0 Å². The first-order valence-electron chi connectivity index (χ1n) is 4.59. The van der Waals surface area contributed by atoms with Crippen LogP contribution in [-0.2, 0) is 11.3 Å². The number of carbonyl (C=O) groups excluding carboxylic acids is 1. The van der Waals surface area contributed by atoms with Gasteiger partial charge in [-0.3, -0.25) is 4.79 Å². The molecule has 0 radical (unpaired) electrons. The summed E-state index contributed by atoms with van der Waals surface area (Å²) in [5, 5.41) is 3.10. The normalized spacial score (nSPS) is 9.92. The minimum absolute atomic E-state index is 0.260. The van der Waals surface area contributed by atoms with Crippen LogP contribution in [0.15, 0.2) is 30.3 Å². The summed E-state index contributed by atoms with van der Waals surface area (Å²) in [6, 6.07) is 10.1. The molecular weight excluding hydrogens is 162 g/mol. The summed E-state index contributed by atoms with van der Waals surface area (Å²) in [4.78, 5) is 10.9. The summed E-state index contributed by atoms with van der Waals surface area (Å²) in [6.07, 6.45) is 0.613. The number of rotatable bonds is 5. The van der Waals surface area contributed by atoms with Crippen LogP contribution < -0.4 is 5.32 Å². The van der Waals surface area contributed by atoms with Gasteiger partial charge >= 0.3 is 0 Å². The van der Waals surface area contributed by atoms with E-state index in [0.29, 0.717) is 13.0 Å². The van der Waals surface area contributed by atoms with Gasteiger partial charge in [0.25, 0.3) is 0 Å². The highest BCUT2D eigenvalue weighted by atomic mass is 16.1. The molecule has 0 amide bonds. The molecule has 1 N–H and O–H groups in total. The third-order valence-electron chi connectivity index (χ3n) is 1.89. The molecule has 0 heterocycles. The highest BCUT2D eigenvalue weighted by Gasteiger charge is 1.96. The minimum Gasteiger partial charge on any atom is -0.306 e. The molecule has 0 saturated heterocycles. The predicted octanol–water partition coefficient (Wildman–Crippen LogP) is 1.76. The second-order valence-corrected chi connectivity index (χ2v) is 2.98. The maximum atomic E-state index is 10.9. The van der Waals surface area contributed by atoms with E-state index in [1.54, 1.807) is 0 Å². The largest absolute Gasteiger partial charge is 0.306 e. The van der Waals surface area contributed by atoms with Gasteiger partial charge in [0.05, 0.1) is 6.54 Å². The van der Waals surface area contributed by atoms with Crippen molar-refractivity contribution in [2.75, 3.05) is 6.54 Å². The van der Waals surface area contributed by atoms with Crippen molar-refractivity contribution in [2.45, 2.75) is 19.9 Å². The van der Waals surface area contributed by atoms with Gasteiger partial charge in [-0.15, -0.1) is 0 Å². The van der Waals surface area contributed by atoms with E-state index in [2.05, 4.69) is 5.32 Å². The molecule has 0 atom stereocenters. The lowest BCUT2D eigenvalue weighted by Crippen LogP contribution is -2.21. The van der Waals surface area contributed by atoms with Crippen LogP contribution in [0.25, 0.3) is 0 Å². The van der Waals surface area contributed by atoms with Crippen molar-refractivity contribution in [3.05, 3.63) is 35.9 Å². The molecule has 0 aliphatic rings. The van der Waals surface area contributed by atoms with Crippen LogP contribution in [0.5, 0.6) is 0 Å². The number of hydrogen-bond acceptors (Lipinski definition) is 2. The topological polar surface area (TPSA) is 29.1 Å². The zero-order chi connectivity index (χ0) is 9.52. The SMILES string of the molecule is CCC(=O)CNCc1ccccc1. The molecule has 0 unspecified atom stereocenters. The zero-order valence-corrected chi connectivity index (χ0v) is 7.92. The average Bonchev–Trinajstić information content (AvgIpc) is 2.19. The monoisotopic (exact) mass is 177 g/mol. The van der Waals surface area contributed by atoms with Crippen molar-refractivity contribution in [2.24, 2.45) is 0 Å². The van der Waals surface area contributed by atoms with Gasteiger partial charge in [-0.05, 0) is 5.56 Å². The van der Waals surface area contributed by atoms with Gasteiger partial charge in [-0.2, -0.15) is 0 Å². The third kappa shape index (κ3) is 3.85. The van der Waals surface area contributed by atoms with Gasteiger partial charge in [0.1, 0.15) is 5.78 Å². The molecule has 0 aliphatic carbocycles. The van der Waals surface area contributed by atoms with Crippen molar-refractivity contribution in [1.82, 2.24) is 5.32 Å². The average molecular weight is 177 g/mol. The molecule has 0 spiro atoms. The molecule has 70 valence electrons. The molecule has 13 heavy (non-hydrogen) atoms. The highest BCUT2D eigenvalue weighted by molar-refractivity contribution is 5.80. The van der Waals surface area contributed by atoms with E-state index in [1.807, 2.05) is 37.3 Å². The van der Waals surface area contributed by atoms with Gasteiger partial charge in [0.15, 0.2) is 0 Å². The van der Waals surface area contributed by atoms with E-state index in [4.69, 9.17) is 0 Å². The van der Waals surface area contributed by atoms with E-state index in [0.717, 1.165) is 6.54 Å². The van der Waals surface area contributed by atoms with Crippen molar-refractivity contribution < 1.29 is 4.79 Å². The molecule has 2 nitrogen and oxygen atoms in total. The summed E-state index contributed by atoms with van der Waals surface area (Å²) in [7, 11) is 0. The van der Waals surface area contributed by atoms with Crippen LogP contribution in [0.2, 0.25) is 0 Å². The second kappa shape index (κ2) is 5.49. The molecule has 2 heteroatoms. The first-order valence-corrected chi connectivity index (χ1v) is 4.59. The smallest absolute Gasteiger partial charge is 0.146 e. The van der Waals surface area contributed by atoms with Gasteiger partial charge in [-0.25, -0.2) is 0 Å². The summed E-state index contributed by atoms with van der Waals surface area (Å²) in [6.45, 7) is 3.13. The van der Waals surface area contributed by atoms with Crippen LogP contribution in [0.4, 0.5) is 0 Å². The molecule has 0 bridgehead atoms. The van der Waals surface area contributed by atoms with Gasteiger partial charge in [0, 0.05) is 13.0 Å². The quantitative estimate of drug-likeness (QED) is 0.742. The fourth-order valence-electron chi connectivity index (χ4n) is 1.07. The number of Topliss-reactive ketones (excluding diaryl/α,β-unsaturated/α-hetero) is 1. The fourth-order valence-corrected chi connectivity index (χ4v) is 1.07. The lowest BCUT2D eigenvalue weighted by molar-refractivity contribution is -0.117. The van der Waals surface area contributed by atoms with E-state index in [9.17, 15) is 4.79 Å². The van der Waals surface area contributed by atoms with E-state index < -0.39 is 0 Å². The third-order valence-corrected chi connectivity index (χ3v) is 1.89. The Labute approximate surface area is 79.0 Å². The minimum atomic E-state index is 0.260. The summed E-state index contributed by atoms with van der Waals surface area (Å²) >= 11 is 0. The Hall–Kier alpha value is -1.15. The van der Waals surface area contributed by atoms with Crippen molar-refractivity contribution in [1.29, 1.82) is 0 Å². The summed E-state index contributed by atoms with van der Waals surface area (Å²) < 4.78 is 0.